The van der Waals surface area contributed by atoms with Crippen LogP contribution in [0.4, 0.5) is 11.5 Å². The Kier molecular flexibility index (Phi) is 5.40. The summed E-state index contributed by atoms with van der Waals surface area (Å²) in [4.78, 5) is 25.8. The summed E-state index contributed by atoms with van der Waals surface area (Å²) in [5.74, 6) is 0.0654. The Labute approximate surface area is 200 Å². The number of hydrogen-bond donors (Lipinski definition) is 2. The third kappa shape index (κ3) is 4.68. The molecule has 0 saturated heterocycles. The van der Waals surface area contributed by atoms with Gasteiger partial charge in [0.25, 0.3) is 5.91 Å². The number of nitrogens with zero attached hydrogens (tertiary/aromatic N) is 7. The lowest BCUT2D eigenvalue weighted by molar-refractivity contribution is 0.0958. The Morgan fingerprint density at radius 1 is 1.15 bits per heavy atom. The fourth-order valence-corrected chi connectivity index (χ4v) is 3.32. The number of carbonyl (C=O) groups excluding carboxylic acids is 1. The van der Waals surface area contributed by atoms with E-state index in [-0.39, 0.29) is 17.2 Å². The summed E-state index contributed by atoms with van der Waals surface area (Å²) < 4.78 is 29.3. The van der Waals surface area contributed by atoms with Gasteiger partial charge in [-0.25, -0.2) is 9.97 Å². The van der Waals surface area contributed by atoms with Gasteiger partial charge in [0.15, 0.2) is 23.1 Å². The Morgan fingerprint density at radius 3 is 2.71 bits per heavy atom. The first-order chi connectivity index (χ1) is 17.5. The summed E-state index contributed by atoms with van der Waals surface area (Å²) in [6, 6.07) is 5.25. The minimum atomic E-state index is -2.71. The van der Waals surface area contributed by atoms with Crippen LogP contribution in [-0.4, -0.2) is 54.9 Å². The number of amides is 1. The molecule has 0 aliphatic rings. The second kappa shape index (κ2) is 9.61. The van der Waals surface area contributed by atoms with Crippen LogP contribution < -0.4 is 15.4 Å². The van der Waals surface area contributed by atoms with Crippen LogP contribution in [0.2, 0.25) is 0 Å². The third-order valence-corrected chi connectivity index (χ3v) is 5.17. The molecule has 1 amide bonds. The van der Waals surface area contributed by atoms with E-state index in [4.69, 9.17) is 8.85 Å². The number of hydrogen-bond acceptors (Lipinski definition) is 9. The molecule has 2 N–H and O–H groups in total. The molecule has 0 radical (unpaired) electrons. The molecule has 0 spiro atoms. The maximum atomic E-state index is 12.8. The fourth-order valence-electron chi connectivity index (χ4n) is 3.32. The van der Waals surface area contributed by atoms with Crippen LogP contribution in [0.25, 0.3) is 11.4 Å². The predicted octanol–water partition coefficient (Wildman–Crippen LogP) is 2.38. The highest BCUT2D eigenvalue weighted by atomic mass is 16.5. The summed E-state index contributed by atoms with van der Waals surface area (Å²) in [7, 11) is 3.21. The number of aryl methyl sites for hydroxylation is 3. The highest BCUT2D eigenvalue weighted by Crippen LogP contribution is 2.35. The van der Waals surface area contributed by atoms with Crippen molar-refractivity contribution in [1.29, 1.82) is 0 Å². The SMILES string of the molecule is [2H]C([2H])([2H])NC(=O)c1nnc(Cc2cc(C)c(C)cn2)cc1Nc1nccc(-c2ncn(C)n2)c1OC. The Balaban J connectivity index is 1.75. The normalized spacial score (nSPS) is 12.4. The van der Waals surface area contributed by atoms with Gasteiger partial charge in [-0.2, -0.15) is 10.2 Å². The van der Waals surface area contributed by atoms with Gasteiger partial charge < -0.3 is 15.4 Å². The van der Waals surface area contributed by atoms with E-state index < -0.39 is 12.9 Å². The van der Waals surface area contributed by atoms with Gasteiger partial charge in [-0.15, -0.1) is 5.10 Å². The van der Waals surface area contributed by atoms with Crippen LogP contribution in [0.15, 0.2) is 36.9 Å². The van der Waals surface area contributed by atoms with Gasteiger partial charge in [-0.1, -0.05) is 0 Å². The smallest absolute Gasteiger partial charge is 0.273 e. The number of pyridine rings is 2. The number of nitrogens with one attached hydrogen (secondary N) is 2. The number of methoxy groups -OCH3 is 1. The molecule has 4 rings (SSSR count). The number of rotatable bonds is 7. The zero-order valence-electron chi connectivity index (χ0n) is 22.1. The van der Waals surface area contributed by atoms with E-state index >= 15 is 0 Å². The lowest BCUT2D eigenvalue weighted by atomic mass is 10.1. The number of aromatic nitrogens is 7. The minimum absolute atomic E-state index is 0.188. The van der Waals surface area contributed by atoms with Gasteiger partial charge in [-0.05, 0) is 43.2 Å². The minimum Gasteiger partial charge on any atom is -0.492 e. The van der Waals surface area contributed by atoms with Crippen molar-refractivity contribution in [2.45, 2.75) is 20.3 Å². The number of ether oxygens (including phenoxy) is 1. The molecule has 174 valence electrons. The van der Waals surface area contributed by atoms with Crippen LogP contribution in [-0.2, 0) is 13.5 Å². The van der Waals surface area contributed by atoms with Crippen molar-refractivity contribution in [2.24, 2.45) is 7.05 Å². The van der Waals surface area contributed by atoms with Crippen molar-refractivity contribution in [3.05, 3.63) is 65.1 Å². The second-order valence-electron chi connectivity index (χ2n) is 7.60. The van der Waals surface area contributed by atoms with E-state index in [0.717, 1.165) is 16.8 Å². The van der Waals surface area contributed by atoms with Crippen molar-refractivity contribution >= 4 is 17.4 Å². The van der Waals surface area contributed by atoms with E-state index in [9.17, 15) is 4.79 Å². The summed E-state index contributed by atoms with van der Waals surface area (Å²) in [6.07, 6.45) is 5.21. The molecule has 0 aliphatic heterocycles. The lowest BCUT2D eigenvalue weighted by Gasteiger charge is -2.15. The van der Waals surface area contributed by atoms with Crippen molar-refractivity contribution < 1.29 is 13.6 Å². The second-order valence-corrected chi connectivity index (χ2v) is 7.60. The van der Waals surface area contributed by atoms with Gasteiger partial charge in [0.05, 0.1) is 24.1 Å². The van der Waals surface area contributed by atoms with Crippen LogP contribution in [0.5, 0.6) is 5.75 Å². The fraction of sp³-hybridized carbons (Fsp3) is 0.261. The Morgan fingerprint density at radius 2 is 2.00 bits per heavy atom. The molecule has 34 heavy (non-hydrogen) atoms. The first kappa shape index (κ1) is 19.1. The van der Waals surface area contributed by atoms with Gasteiger partial charge >= 0.3 is 0 Å². The molecule has 0 aliphatic carbocycles. The lowest BCUT2D eigenvalue weighted by Crippen LogP contribution is -2.22. The highest BCUT2D eigenvalue weighted by molar-refractivity contribution is 5.98. The van der Waals surface area contributed by atoms with E-state index in [1.54, 1.807) is 36.4 Å². The van der Waals surface area contributed by atoms with Crippen molar-refractivity contribution in [3.63, 3.8) is 0 Å². The summed E-state index contributed by atoms with van der Waals surface area (Å²) in [6.45, 7) is 1.25. The molecule has 11 nitrogen and oxygen atoms in total. The van der Waals surface area contributed by atoms with Gasteiger partial charge in [-0.3, -0.25) is 14.5 Å². The molecule has 11 heteroatoms. The van der Waals surface area contributed by atoms with Crippen LogP contribution in [0.1, 0.15) is 37.1 Å². The Bertz CT molecular complexity index is 1450. The molecule has 0 aromatic carbocycles. The van der Waals surface area contributed by atoms with Crippen molar-refractivity contribution in [1.82, 2.24) is 40.2 Å². The van der Waals surface area contributed by atoms with Crippen molar-refractivity contribution in [2.75, 3.05) is 19.4 Å². The number of anilines is 2. The van der Waals surface area contributed by atoms with Gasteiger partial charge in [0.2, 0.25) is 0 Å². The zero-order chi connectivity index (χ0) is 26.7. The summed E-state index contributed by atoms with van der Waals surface area (Å²) >= 11 is 0. The summed E-state index contributed by atoms with van der Waals surface area (Å²) in [5.41, 5.74) is 3.95. The monoisotopic (exact) mass is 462 g/mol. The van der Waals surface area contributed by atoms with E-state index in [1.165, 1.54) is 13.3 Å². The third-order valence-electron chi connectivity index (χ3n) is 5.17. The van der Waals surface area contributed by atoms with E-state index in [1.807, 2.05) is 25.2 Å². The highest BCUT2D eigenvalue weighted by Gasteiger charge is 2.20. The molecule has 0 atom stereocenters. The molecule has 0 saturated carbocycles. The molecular weight excluding hydrogens is 434 g/mol. The zero-order valence-corrected chi connectivity index (χ0v) is 19.1. The molecule has 0 unspecified atom stereocenters. The van der Waals surface area contributed by atoms with Crippen LogP contribution in [0, 0.1) is 13.8 Å². The van der Waals surface area contributed by atoms with Crippen LogP contribution in [0.3, 0.4) is 0 Å². The molecular formula is C23H25N9O2. The molecule has 4 aromatic rings. The largest absolute Gasteiger partial charge is 0.492 e. The van der Waals surface area contributed by atoms with Gasteiger partial charge in [0.1, 0.15) is 6.33 Å². The predicted molar refractivity (Wildman–Crippen MR) is 126 cm³/mol. The Hall–Kier alpha value is -4.41. The summed E-state index contributed by atoms with van der Waals surface area (Å²) in [5, 5.41) is 17.5. The maximum Gasteiger partial charge on any atom is 0.273 e. The van der Waals surface area contributed by atoms with Crippen LogP contribution >= 0.6 is 0 Å². The average Bonchev–Trinajstić information content (AvgIpc) is 3.26. The molecule has 4 heterocycles. The quantitative estimate of drug-likeness (QED) is 0.425. The topological polar surface area (TPSA) is 133 Å². The number of carbonyl (C=O) groups is 1. The van der Waals surface area contributed by atoms with Gasteiger partial charge in [0, 0.05) is 42.6 Å². The molecule has 0 fully saturated rings. The maximum absolute atomic E-state index is 12.8. The molecule has 0 bridgehead atoms. The van der Waals surface area contributed by atoms with Crippen molar-refractivity contribution in [3.8, 4) is 17.1 Å². The van der Waals surface area contributed by atoms with E-state index in [2.05, 4.69) is 35.6 Å². The standard InChI is InChI=1S/C23H25N9O2/c1-13-8-15(26-11-14(13)2)9-16-10-18(19(30-29-16)23(33)24-3)28-22-20(34-5)17(6-7-25-22)21-27-12-32(4)31-21/h6-8,10-12H,9H2,1-5H3,(H,24,33)(H,25,28,29)/i3D3. The average molecular weight is 463 g/mol. The van der Waals surface area contributed by atoms with E-state index in [0.29, 0.717) is 29.3 Å². The first-order valence-corrected chi connectivity index (χ1v) is 10.3. The molecule has 4 aromatic heterocycles. The first-order valence-electron chi connectivity index (χ1n) is 11.8.